The number of aromatic nitrogens is 3. The second-order valence-electron chi connectivity index (χ2n) is 4.09. The molecule has 0 radical (unpaired) electrons. The Bertz CT molecular complexity index is 688. The van der Waals surface area contributed by atoms with Crippen LogP contribution in [-0.4, -0.2) is 14.8 Å². The third-order valence-corrected chi connectivity index (χ3v) is 3.30. The van der Waals surface area contributed by atoms with Gasteiger partial charge in [0, 0.05) is 17.8 Å². The molecule has 0 aliphatic heterocycles. The number of nitriles is 1. The zero-order chi connectivity index (χ0) is 13.3. The lowest BCUT2D eigenvalue weighted by Gasteiger charge is -2.04. The van der Waals surface area contributed by atoms with Crippen molar-refractivity contribution in [2.24, 2.45) is 0 Å². The van der Waals surface area contributed by atoms with Crippen LogP contribution in [0.1, 0.15) is 23.9 Å². The molecule has 18 heavy (non-hydrogen) atoms. The molecule has 0 saturated carbocycles. The largest absolute Gasteiger partial charge is 0.345 e. The van der Waals surface area contributed by atoms with Crippen molar-refractivity contribution in [1.82, 2.24) is 14.8 Å². The fraction of sp³-hybridized carbons (Fsp3) is 0.308. The molecule has 0 aromatic carbocycles. The summed E-state index contributed by atoms with van der Waals surface area (Å²) in [5.74, 6) is 0. The Hall–Kier alpha value is -1.93. The molecule has 0 atom stereocenters. The molecule has 0 unspecified atom stereocenters. The Labute approximate surface area is 111 Å². The number of nitrogens with one attached hydrogen (secondary N) is 1. The van der Waals surface area contributed by atoms with E-state index in [-0.39, 0.29) is 0 Å². The van der Waals surface area contributed by atoms with E-state index >= 15 is 0 Å². The number of nitrogens with zero attached hydrogens (tertiary/aromatic N) is 3. The third kappa shape index (κ3) is 1.95. The highest BCUT2D eigenvalue weighted by molar-refractivity contribution is 7.71. The van der Waals surface area contributed by atoms with Gasteiger partial charge in [0.2, 0.25) is 0 Å². The molecule has 0 aliphatic carbocycles. The van der Waals surface area contributed by atoms with E-state index < -0.39 is 0 Å². The first-order valence-electron chi connectivity index (χ1n) is 5.76. The van der Waals surface area contributed by atoms with Crippen molar-refractivity contribution in [1.29, 1.82) is 5.26 Å². The molecular weight excluding hydrogens is 244 g/mol. The summed E-state index contributed by atoms with van der Waals surface area (Å²) in [7, 11) is 0. The molecule has 0 saturated heterocycles. The fourth-order valence-corrected chi connectivity index (χ4v) is 2.33. The second kappa shape index (κ2) is 4.75. The normalized spacial score (nSPS) is 10.3. The third-order valence-electron chi connectivity index (χ3n) is 2.98. The maximum atomic E-state index is 8.88. The van der Waals surface area contributed by atoms with E-state index in [4.69, 9.17) is 17.5 Å². The van der Waals surface area contributed by atoms with Crippen LogP contribution in [0.5, 0.6) is 0 Å². The smallest absolute Gasteiger partial charge is 0.121 e. The van der Waals surface area contributed by atoms with E-state index in [1.54, 1.807) is 6.07 Å². The van der Waals surface area contributed by atoms with Crippen molar-refractivity contribution in [3.63, 3.8) is 0 Å². The van der Waals surface area contributed by atoms with Crippen molar-refractivity contribution in [3.05, 3.63) is 33.7 Å². The van der Waals surface area contributed by atoms with Gasteiger partial charge in [0.15, 0.2) is 0 Å². The first kappa shape index (κ1) is 12.5. The minimum atomic E-state index is 0.470. The molecule has 0 fully saturated rings. The lowest BCUT2D eigenvalue weighted by molar-refractivity contribution is 0.634. The maximum Gasteiger partial charge on any atom is 0.121 e. The van der Waals surface area contributed by atoms with Crippen LogP contribution in [0, 0.1) is 29.8 Å². The number of pyridine rings is 1. The lowest BCUT2D eigenvalue weighted by atomic mass is 10.1. The van der Waals surface area contributed by atoms with Gasteiger partial charge in [0.1, 0.15) is 10.7 Å². The summed E-state index contributed by atoms with van der Waals surface area (Å²) in [6.45, 7) is 6.91. The minimum absolute atomic E-state index is 0.470. The molecule has 0 bridgehead atoms. The Morgan fingerprint density at radius 2 is 2.17 bits per heavy atom. The molecule has 4 nitrogen and oxygen atoms in total. The highest BCUT2D eigenvalue weighted by atomic mass is 32.1. The minimum Gasteiger partial charge on any atom is -0.345 e. The van der Waals surface area contributed by atoms with Crippen molar-refractivity contribution in [2.75, 3.05) is 0 Å². The van der Waals surface area contributed by atoms with E-state index in [2.05, 4.69) is 23.1 Å². The molecule has 0 aliphatic rings. The summed E-state index contributed by atoms with van der Waals surface area (Å²) < 4.78 is 2.43. The molecule has 2 rings (SSSR count). The van der Waals surface area contributed by atoms with E-state index in [0.29, 0.717) is 10.2 Å². The average Bonchev–Trinajstić information content (AvgIpc) is 2.64. The topological polar surface area (TPSA) is 57.4 Å². The SMILES string of the molecule is CCn1nc(C)c(-c2ccc(C#N)c(=S)[nH]2)c1C. The number of H-pyrrole nitrogens is 1. The molecule has 2 aromatic heterocycles. The van der Waals surface area contributed by atoms with Gasteiger partial charge in [0.25, 0.3) is 0 Å². The monoisotopic (exact) mass is 258 g/mol. The van der Waals surface area contributed by atoms with Crippen molar-refractivity contribution in [3.8, 4) is 17.3 Å². The Balaban J connectivity index is 2.63. The number of aryl methyl sites for hydroxylation is 2. The van der Waals surface area contributed by atoms with Gasteiger partial charge in [-0.25, -0.2) is 0 Å². The van der Waals surface area contributed by atoms with Crippen LogP contribution in [0.3, 0.4) is 0 Å². The Kier molecular flexibility index (Phi) is 3.30. The predicted octanol–water partition coefficient (Wildman–Crippen LogP) is 3.12. The molecule has 1 N–H and O–H groups in total. The Morgan fingerprint density at radius 3 is 2.67 bits per heavy atom. The van der Waals surface area contributed by atoms with Crippen LogP contribution >= 0.6 is 12.2 Å². The van der Waals surface area contributed by atoms with Crippen LogP contribution < -0.4 is 0 Å². The van der Waals surface area contributed by atoms with E-state index in [9.17, 15) is 0 Å². The van der Waals surface area contributed by atoms with Crippen LogP contribution in [0.25, 0.3) is 11.3 Å². The Morgan fingerprint density at radius 1 is 1.44 bits per heavy atom. The van der Waals surface area contributed by atoms with Crippen LogP contribution in [0.4, 0.5) is 0 Å². The summed E-state index contributed by atoms with van der Waals surface area (Å²) in [4.78, 5) is 3.10. The van der Waals surface area contributed by atoms with Gasteiger partial charge in [-0.3, -0.25) is 4.68 Å². The fourth-order valence-electron chi connectivity index (χ4n) is 2.10. The number of aromatic amines is 1. The molecule has 2 heterocycles. The highest BCUT2D eigenvalue weighted by Gasteiger charge is 2.13. The predicted molar refractivity (Wildman–Crippen MR) is 72.7 cm³/mol. The summed E-state index contributed by atoms with van der Waals surface area (Å²) in [5, 5.41) is 13.4. The van der Waals surface area contributed by atoms with Crippen molar-refractivity contribution >= 4 is 12.2 Å². The van der Waals surface area contributed by atoms with Crippen molar-refractivity contribution in [2.45, 2.75) is 27.3 Å². The van der Waals surface area contributed by atoms with Gasteiger partial charge < -0.3 is 4.98 Å². The number of rotatable bonds is 2. The molecular formula is C13H14N4S. The molecule has 0 spiro atoms. The van der Waals surface area contributed by atoms with Crippen LogP contribution in [0.2, 0.25) is 0 Å². The molecule has 5 heteroatoms. The summed E-state index contributed by atoms with van der Waals surface area (Å²) in [6.07, 6.45) is 0. The lowest BCUT2D eigenvalue weighted by Crippen LogP contribution is -1.98. The molecule has 92 valence electrons. The van der Waals surface area contributed by atoms with Gasteiger partial charge in [-0.05, 0) is 32.9 Å². The highest BCUT2D eigenvalue weighted by Crippen LogP contribution is 2.25. The van der Waals surface area contributed by atoms with E-state index in [0.717, 1.165) is 29.2 Å². The quantitative estimate of drug-likeness (QED) is 0.842. The first-order valence-corrected chi connectivity index (χ1v) is 6.17. The first-order chi connectivity index (χ1) is 8.58. The van der Waals surface area contributed by atoms with Gasteiger partial charge in [-0.1, -0.05) is 12.2 Å². The van der Waals surface area contributed by atoms with Gasteiger partial charge in [-0.2, -0.15) is 10.4 Å². The van der Waals surface area contributed by atoms with Gasteiger partial charge in [-0.15, -0.1) is 0 Å². The van der Waals surface area contributed by atoms with E-state index in [1.807, 2.05) is 24.6 Å². The second-order valence-corrected chi connectivity index (χ2v) is 4.50. The van der Waals surface area contributed by atoms with Crippen LogP contribution in [0.15, 0.2) is 12.1 Å². The van der Waals surface area contributed by atoms with Crippen LogP contribution in [-0.2, 0) is 6.54 Å². The maximum absolute atomic E-state index is 8.88. The molecule has 0 amide bonds. The zero-order valence-corrected chi connectivity index (χ0v) is 11.4. The van der Waals surface area contributed by atoms with Crippen molar-refractivity contribution < 1.29 is 0 Å². The van der Waals surface area contributed by atoms with Gasteiger partial charge >= 0.3 is 0 Å². The van der Waals surface area contributed by atoms with E-state index in [1.165, 1.54) is 0 Å². The average molecular weight is 258 g/mol. The summed E-state index contributed by atoms with van der Waals surface area (Å²) >= 11 is 5.16. The zero-order valence-electron chi connectivity index (χ0n) is 10.6. The summed E-state index contributed by atoms with van der Waals surface area (Å²) in [5.41, 5.74) is 4.53. The summed E-state index contributed by atoms with van der Waals surface area (Å²) in [6, 6.07) is 5.69. The standard InChI is InChI=1S/C13H14N4S/c1-4-17-9(3)12(8(2)16-17)11-6-5-10(7-14)13(18)15-11/h5-6H,4H2,1-3H3,(H,15,18). The molecule has 2 aromatic rings. The number of hydrogen-bond acceptors (Lipinski definition) is 3. The number of hydrogen-bond donors (Lipinski definition) is 1. The van der Waals surface area contributed by atoms with Gasteiger partial charge in [0.05, 0.1) is 17.0 Å².